The Hall–Kier alpha value is -1.30. The Labute approximate surface area is 120 Å². The number of carbonyl (C=O) groups is 2. The van der Waals surface area contributed by atoms with Gasteiger partial charge in [0.15, 0.2) is 0 Å². The Balaban J connectivity index is 2.03. The second-order valence-corrected chi connectivity index (χ2v) is 6.08. The quantitative estimate of drug-likeness (QED) is 0.766. The van der Waals surface area contributed by atoms with Gasteiger partial charge in [-0.05, 0) is 31.6 Å². The number of hydrogen-bond acceptors (Lipinski definition) is 3. The molecule has 2 heterocycles. The first-order valence-electron chi connectivity index (χ1n) is 7.59. The van der Waals surface area contributed by atoms with Crippen LogP contribution in [0.1, 0.15) is 32.6 Å². The van der Waals surface area contributed by atoms with Gasteiger partial charge in [-0.3, -0.25) is 4.79 Å². The third-order valence-electron chi connectivity index (χ3n) is 4.72. The van der Waals surface area contributed by atoms with Gasteiger partial charge in [-0.25, -0.2) is 4.79 Å². The summed E-state index contributed by atoms with van der Waals surface area (Å²) in [7, 11) is 0. The highest BCUT2D eigenvalue weighted by atomic mass is 16.2. The summed E-state index contributed by atoms with van der Waals surface area (Å²) in [5.41, 5.74) is 11.2. The lowest BCUT2D eigenvalue weighted by atomic mass is 9.88. The lowest BCUT2D eigenvalue weighted by molar-refractivity contribution is -0.141. The molecule has 2 fully saturated rings. The second-order valence-electron chi connectivity index (χ2n) is 6.08. The zero-order valence-electron chi connectivity index (χ0n) is 12.3. The number of likely N-dealkylation sites (tertiary alicyclic amines) is 2. The maximum absolute atomic E-state index is 12.7. The van der Waals surface area contributed by atoms with E-state index in [2.05, 4.69) is 6.92 Å². The standard InChI is InChI=1S/C14H26N4O2/c1-10-4-2-7-18(12(10)8-15)13(19)11-5-3-6-17(9-11)14(16)20/h10-12H,2-9,15H2,1H3,(H2,16,20)/t10-,11+,12-/m1/s1. The number of nitrogens with two attached hydrogens (primary N) is 2. The Bertz CT molecular complexity index is 374. The van der Waals surface area contributed by atoms with Crippen LogP contribution in [0, 0.1) is 11.8 Å². The summed E-state index contributed by atoms with van der Waals surface area (Å²) in [6.07, 6.45) is 3.85. The number of nitrogens with zero attached hydrogens (tertiary/aromatic N) is 2. The van der Waals surface area contributed by atoms with Crippen molar-refractivity contribution in [3.05, 3.63) is 0 Å². The largest absolute Gasteiger partial charge is 0.351 e. The molecule has 2 saturated heterocycles. The van der Waals surface area contributed by atoms with Gasteiger partial charge in [-0.1, -0.05) is 6.92 Å². The first-order chi connectivity index (χ1) is 9.54. The minimum Gasteiger partial charge on any atom is -0.351 e. The van der Waals surface area contributed by atoms with Crippen LogP contribution in [0.5, 0.6) is 0 Å². The molecule has 3 atom stereocenters. The summed E-state index contributed by atoms with van der Waals surface area (Å²) < 4.78 is 0. The molecule has 0 aromatic heterocycles. The highest BCUT2D eigenvalue weighted by Gasteiger charge is 2.36. The Morgan fingerprint density at radius 1 is 1.20 bits per heavy atom. The van der Waals surface area contributed by atoms with Gasteiger partial charge in [-0.2, -0.15) is 0 Å². The SMILES string of the molecule is C[C@@H]1CCCN(C(=O)[C@H]2CCCN(C(N)=O)C2)[C@@H]1CN. The molecule has 3 amide bonds. The van der Waals surface area contributed by atoms with Crippen molar-refractivity contribution in [3.63, 3.8) is 0 Å². The summed E-state index contributed by atoms with van der Waals surface area (Å²) >= 11 is 0. The van der Waals surface area contributed by atoms with Crippen molar-refractivity contribution in [2.75, 3.05) is 26.2 Å². The molecule has 0 aliphatic carbocycles. The van der Waals surface area contributed by atoms with Gasteiger partial charge in [0.05, 0.1) is 5.92 Å². The van der Waals surface area contributed by atoms with Gasteiger partial charge in [0.25, 0.3) is 0 Å². The van der Waals surface area contributed by atoms with Crippen LogP contribution in [0.2, 0.25) is 0 Å². The molecule has 0 bridgehead atoms. The first kappa shape index (κ1) is 15.1. The summed E-state index contributed by atoms with van der Waals surface area (Å²) in [6, 6.07) is -0.287. The van der Waals surface area contributed by atoms with Crippen LogP contribution in [0.15, 0.2) is 0 Å². The van der Waals surface area contributed by atoms with E-state index in [-0.39, 0.29) is 17.9 Å². The van der Waals surface area contributed by atoms with E-state index in [0.717, 1.165) is 32.2 Å². The van der Waals surface area contributed by atoms with E-state index >= 15 is 0 Å². The average Bonchev–Trinajstić information content (AvgIpc) is 2.46. The molecule has 20 heavy (non-hydrogen) atoms. The van der Waals surface area contributed by atoms with Gasteiger partial charge >= 0.3 is 6.03 Å². The molecule has 2 aliphatic heterocycles. The molecule has 0 radical (unpaired) electrons. The van der Waals surface area contributed by atoms with Crippen molar-refractivity contribution in [1.82, 2.24) is 9.80 Å². The number of rotatable bonds is 2. The minimum atomic E-state index is -0.426. The van der Waals surface area contributed by atoms with Gasteiger partial charge in [-0.15, -0.1) is 0 Å². The summed E-state index contributed by atoms with van der Waals surface area (Å²) in [5.74, 6) is 0.488. The molecular formula is C14H26N4O2. The van der Waals surface area contributed by atoms with Gasteiger partial charge in [0, 0.05) is 32.2 Å². The summed E-state index contributed by atoms with van der Waals surface area (Å²) in [6.45, 7) is 4.58. The molecule has 6 heteroatoms. The lowest BCUT2D eigenvalue weighted by Gasteiger charge is -2.42. The van der Waals surface area contributed by atoms with Crippen molar-refractivity contribution < 1.29 is 9.59 Å². The zero-order chi connectivity index (χ0) is 14.7. The smallest absolute Gasteiger partial charge is 0.314 e. The highest BCUT2D eigenvalue weighted by Crippen LogP contribution is 2.26. The number of piperidine rings is 2. The normalized spacial score (nSPS) is 31.2. The van der Waals surface area contributed by atoms with Crippen LogP contribution in [0.25, 0.3) is 0 Å². The molecule has 6 nitrogen and oxygen atoms in total. The van der Waals surface area contributed by atoms with Crippen molar-refractivity contribution >= 4 is 11.9 Å². The molecule has 114 valence electrons. The Morgan fingerprint density at radius 3 is 2.55 bits per heavy atom. The molecule has 0 aromatic carbocycles. The van der Waals surface area contributed by atoms with E-state index in [4.69, 9.17) is 11.5 Å². The number of carbonyl (C=O) groups excluding carboxylic acids is 2. The minimum absolute atomic E-state index is 0.115. The average molecular weight is 282 g/mol. The Kier molecular flexibility index (Phi) is 4.86. The zero-order valence-corrected chi connectivity index (χ0v) is 12.3. The second kappa shape index (κ2) is 6.43. The highest BCUT2D eigenvalue weighted by molar-refractivity contribution is 5.81. The first-order valence-corrected chi connectivity index (χ1v) is 7.59. The predicted octanol–water partition coefficient (Wildman–Crippen LogP) is 0.363. The molecule has 0 spiro atoms. The van der Waals surface area contributed by atoms with Crippen LogP contribution in [0.3, 0.4) is 0 Å². The fourth-order valence-corrected chi connectivity index (χ4v) is 3.50. The molecule has 0 unspecified atom stereocenters. The van der Waals surface area contributed by atoms with Crippen molar-refractivity contribution in [2.45, 2.75) is 38.6 Å². The van der Waals surface area contributed by atoms with E-state index in [9.17, 15) is 9.59 Å². The molecule has 2 rings (SSSR count). The fraction of sp³-hybridized carbons (Fsp3) is 0.857. The van der Waals surface area contributed by atoms with Gasteiger partial charge in [0.2, 0.25) is 5.91 Å². The van der Waals surface area contributed by atoms with Crippen molar-refractivity contribution in [1.29, 1.82) is 0 Å². The van der Waals surface area contributed by atoms with Crippen LogP contribution in [-0.2, 0) is 4.79 Å². The molecule has 0 saturated carbocycles. The van der Waals surface area contributed by atoms with Crippen LogP contribution < -0.4 is 11.5 Å². The number of urea groups is 1. The number of amides is 3. The lowest BCUT2D eigenvalue weighted by Crippen LogP contribution is -2.55. The molecule has 4 N–H and O–H groups in total. The molecule has 2 aliphatic rings. The third kappa shape index (κ3) is 3.06. The van der Waals surface area contributed by atoms with Crippen molar-refractivity contribution in [3.8, 4) is 0 Å². The number of primary amides is 1. The maximum atomic E-state index is 12.7. The maximum Gasteiger partial charge on any atom is 0.314 e. The predicted molar refractivity (Wildman–Crippen MR) is 76.8 cm³/mol. The van der Waals surface area contributed by atoms with Crippen LogP contribution >= 0.6 is 0 Å². The summed E-state index contributed by atoms with van der Waals surface area (Å²) in [5, 5.41) is 0. The third-order valence-corrected chi connectivity index (χ3v) is 4.72. The van der Waals surface area contributed by atoms with E-state index in [1.165, 1.54) is 0 Å². The van der Waals surface area contributed by atoms with Crippen LogP contribution in [-0.4, -0.2) is 54.0 Å². The molecular weight excluding hydrogens is 256 g/mol. The number of hydrogen-bond donors (Lipinski definition) is 2. The van der Waals surface area contributed by atoms with Gasteiger partial charge in [0.1, 0.15) is 0 Å². The van der Waals surface area contributed by atoms with E-state index in [1.54, 1.807) is 4.90 Å². The monoisotopic (exact) mass is 282 g/mol. The summed E-state index contributed by atoms with van der Waals surface area (Å²) in [4.78, 5) is 27.5. The topological polar surface area (TPSA) is 92.7 Å². The van der Waals surface area contributed by atoms with Gasteiger partial charge < -0.3 is 21.3 Å². The van der Waals surface area contributed by atoms with Crippen LogP contribution in [0.4, 0.5) is 4.79 Å². The molecule has 0 aromatic rings. The Morgan fingerprint density at radius 2 is 1.90 bits per heavy atom. The fourth-order valence-electron chi connectivity index (χ4n) is 3.50. The van der Waals surface area contributed by atoms with E-state index in [0.29, 0.717) is 25.6 Å². The van der Waals surface area contributed by atoms with E-state index < -0.39 is 6.03 Å². The van der Waals surface area contributed by atoms with E-state index in [1.807, 2.05) is 4.90 Å². The van der Waals surface area contributed by atoms with Crippen molar-refractivity contribution in [2.24, 2.45) is 23.3 Å².